The van der Waals surface area contributed by atoms with Crippen LogP contribution in [0.2, 0.25) is 0 Å². The molecule has 0 spiro atoms. The monoisotopic (exact) mass is 449 g/mol. The van der Waals surface area contributed by atoms with Crippen molar-refractivity contribution < 1.29 is 18.8 Å². The molecule has 1 amide bonds. The number of thiophene rings is 1. The molecule has 1 N–H and O–H groups in total. The zero-order valence-electron chi connectivity index (χ0n) is 18.9. The smallest absolute Gasteiger partial charge is 0.445 e. The number of nitrogens with one attached hydrogen (secondary N) is 1. The molecule has 7 heteroatoms. The van der Waals surface area contributed by atoms with E-state index in [0.29, 0.717) is 0 Å². The zero-order chi connectivity index (χ0) is 22.8. The van der Waals surface area contributed by atoms with E-state index in [1.807, 2.05) is 64.1 Å². The molecule has 1 aliphatic rings. The summed E-state index contributed by atoms with van der Waals surface area (Å²) in [6.45, 7) is 8.55. The molecule has 1 fully saturated rings. The predicted octanol–water partition coefficient (Wildman–Crippen LogP) is 5.84. The van der Waals surface area contributed by atoms with E-state index >= 15 is 0 Å². The van der Waals surface area contributed by atoms with Gasteiger partial charge in [0, 0.05) is 11.2 Å². The van der Waals surface area contributed by atoms with Gasteiger partial charge >= 0.3 is 13.2 Å². The number of alkyl carbamates (subject to hydrolysis) is 1. The van der Waals surface area contributed by atoms with Crippen LogP contribution in [0.4, 0.5) is 4.79 Å². The molecule has 4 rings (SSSR count). The number of carbonyl (C=O) groups excluding carboxylic acids is 1. The highest BCUT2D eigenvalue weighted by molar-refractivity contribution is 7.17. The Morgan fingerprint density at radius 2 is 1.75 bits per heavy atom. The SMILES string of the molecule is CC1(C)OB(C(=Cc2cccc3sccc23)CNC(=O)OCc2ccccc2)OC1(C)C. The van der Waals surface area contributed by atoms with Crippen molar-refractivity contribution in [1.29, 1.82) is 0 Å². The van der Waals surface area contributed by atoms with Gasteiger partial charge in [0.2, 0.25) is 0 Å². The van der Waals surface area contributed by atoms with Crippen molar-refractivity contribution in [3.05, 3.63) is 76.6 Å². The number of hydrogen-bond acceptors (Lipinski definition) is 5. The third kappa shape index (κ3) is 4.90. The third-order valence-corrected chi connectivity index (χ3v) is 6.96. The van der Waals surface area contributed by atoms with Crippen molar-refractivity contribution >= 4 is 40.7 Å². The van der Waals surface area contributed by atoms with Gasteiger partial charge in [-0.1, -0.05) is 48.5 Å². The number of hydrogen-bond donors (Lipinski definition) is 1. The molecule has 0 aliphatic carbocycles. The van der Waals surface area contributed by atoms with Crippen molar-refractivity contribution in [2.24, 2.45) is 0 Å². The van der Waals surface area contributed by atoms with E-state index in [9.17, 15) is 4.79 Å². The van der Waals surface area contributed by atoms with Crippen molar-refractivity contribution in [1.82, 2.24) is 5.32 Å². The maximum atomic E-state index is 12.4. The van der Waals surface area contributed by atoms with Crippen molar-refractivity contribution in [3.63, 3.8) is 0 Å². The topological polar surface area (TPSA) is 56.8 Å². The van der Waals surface area contributed by atoms with Crippen molar-refractivity contribution in [2.75, 3.05) is 6.54 Å². The molecule has 2 heterocycles. The molecule has 3 aromatic rings. The number of rotatable bonds is 6. The molecule has 0 saturated carbocycles. The van der Waals surface area contributed by atoms with Gasteiger partial charge in [-0.25, -0.2) is 4.79 Å². The third-order valence-electron chi connectivity index (χ3n) is 6.08. The fourth-order valence-corrected chi connectivity index (χ4v) is 4.31. The van der Waals surface area contributed by atoms with Gasteiger partial charge in [0.1, 0.15) is 6.61 Å². The number of ether oxygens (including phenoxy) is 1. The summed E-state index contributed by atoms with van der Waals surface area (Å²) in [7, 11) is -0.566. The lowest BCUT2D eigenvalue weighted by Crippen LogP contribution is -2.41. The lowest BCUT2D eigenvalue weighted by atomic mass is 9.76. The molecule has 166 valence electrons. The Bertz CT molecular complexity index is 1110. The van der Waals surface area contributed by atoms with Gasteiger partial charge in [-0.15, -0.1) is 11.3 Å². The van der Waals surface area contributed by atoms with Gasteiger partial charge in [-0.05, 0) is 67.2 Å². The van der Waals surface area contributed by atoms with E-state index in [1.54, 1.807) is 11.3 Å². The van der Waals surface area contributed by atoms with E-state index in [2.05, 4.69) is 35.0 Å². The summed E-state index contributed by atoms with van der Waals surface area (Å²) < 4.78 is 19.1. The van der Waals surface area contributed by atoms with Crippen LogP contribution in [-0.2, 0) is 20.7 Å². The number of amides is 1. The average molecular weight is 449 g/mol. The standard InChI is InChI=1S/C25H28BNO4S/c1-24(2)25(3,4)31-26(30-24)20(15-19-11-8-12-22-21(19)13-14-32-22)16-27-23(28)29-17-18-9-6-5-7-10-18/h5-15H,16-17H2,1-4H3,(H,27,28). The Hall–Kier alpha value is -2.61. The first-order valence-electron chi connectivity index (χ1n) is 10.7. The van der Waals surface area contributed by atoms with Gasteiger partial charge in [-0.3, -0.25) is 0 Å². The van der Waals surface area contributed by atoms with Crippen LogP contribution in [0.25, 0.3) is 16.2 Å². The number of carbonyl (C=O) groups is 1. The minimum atomic E-state index is -0.566. The maximum Gasteiger partial charge on any atom is 0.492 e. The highest BCUT2D eigenvalue weighted by Crippen LogP contribution is 2.39. The van der Waals surface area contributed by atoms with Gasteiger partial charge in [0.25, 0.3) is 0 Å². The second kappa shape index (κ2) is 9.10. The molecule has 32 heavy (non-hydrogen) atoms. The van der Waals surface area contributed by atoms with Crippen LogP contribution in [0, 0.1) is 0 Å². The first kappa shape index (κ1) is 22.6. The van der Waals surface area contributed by atoms with Crippen LogP contribution in [0.1, 0.15) is 38.8 Å². The Morgan fingerprint density at radius 1 is 1.03 bits per heavy atom. The molecule has 0 bridgehead atoms. The fraction of sp³-hybridized carbons (Fsp3) is 0.320. The minimum Gasteiger partial charge on any atom is -0.445 e. The molecular formula is C25H28BNO4S. The highest BCUT2D eigenvalue weighted by atomic mass is 32.1. The Kier molecular flexibility index (Phi) is 6.42. The van der Waals surface area contributed by atoms with E-state index < -0.39 is 24.4 Å². The molecule has 0 radical (unpaired) electrons. The summed E-state index contributed by atoms with van der Waals surface area (Å²) in [6, 6.07) is 17.9. The molecule has 0 atom stereocenters. The van der Waals surface area contributed by atoms with Crippen LogP contribution in [0.3, 0.4) is 0 Å². The van der Waals surface area contributed by atoms with E-state index in [0.717, 1.165) is 22.0 Å². The van der Waals surface area contributed by atoms with E-state index in [1.165, 1.54) is 4.70 Å². The van der Waals surface area contributed by atoms with Crippen molar-refractivity contribution in [2.45, 2.75) is 45.5 Å². The largest absolute Gasteiger partial charge is 0.492 e. The van der Waals surface area contributed by atoms with Gasteiger partial charge < -0.3 is 19.4 Å². The Morgan fingerprint density at radius 3 is 2.47 bits per heavy atom. The first-order chi connectivity index (χ1) is 15.2. The molecule has 0 unspecified atom stereocenters. The van der Waals surface area contributed by atoms with Gasteiger partial charge in [-0.2, -0.15) is 0 Å². The minimum absolute atomic E-state index is 0.219. The molecular weight excluding hydrogens is 421 g/mol. The van der Waals surface area contributed by atoms with Crippen LogP contribution >= 0.6 is 11.3 Å². The van der Waals surface area contributed by atoms with E-state index in [4.69, 9.17) is 14.0 Å². The second-order valence-corrected chi connectivity index (χ2v) is 9.85. The normalized spacial score (nSPS) is 17.5. The molecule has 2 aromatic carbocycles. The average Bonchev–Trinajstić information content (AvgIpc) is 3.32. The van der Waals surface area contributed by atoms with Crippen LogP contribution in [-0.4, -0.2) is 31.0 Å². The summed E-state index contributed by atoms with van der Waals surface area (Å²) >= 11 is 1.70. The predicted molar refractivity (Wildman–Crippen MR) is 131 cm³/mol. The number of benzene rings is 2. The lowest BCUT2D eigenvalue weighted by Gasteiger charge is -2.32. The van der Waals surface area contributed by atoms with Crippen LogP contribution in [0.15, 0.2) is 65.4 Å². The summed E-state index contributed by atoms with van der Waals surface area (Å²) in [5.41, 5.74) is 1.89. The van der Waals surface area contributed by atoms with Crippen molar-refractivity contribution in [3.8, 4) is 0 Å². The summed E-state index contributed by atoms with van der Waals surface area (Å²) in [5.74, 6) is 0. The van der Waals surface area contributed by atoms with Crippen LogP contribution < -0.4 is 5.32 Å². The summed E-state index contributed by atoms with van der Waals surface area (Å²) in [6.07, 6.45) is 1.57. The van der Waals surface area contributed by atoms with E-state index in [-0.39, 0.29) is 13.2 Å². The Balaban J connectivity index is 1.53. The Labute approximate surface area is 193 Å². The first-order valence-corrected chi connectivity index (χ1v) is 11.6. The lowest BCUT2D eigenvalue weighted by molar-refractivity contribution is 0.00578. The summed E-state index contributed by atoms with van der Waals surface area (Å²) in [4.78, 5) is 12.4. The molecule has 1 saturated heterocycles. The molecule has 1 aliphatic heterocycles. The summed E-state index contributed by atoms with van der Waals surface area (Å²) in [5, 5.41) is 6.10. The van der Waals surface area contributed by atoms with Gasteiger partial charge in [0.15, 0.2) is 0 Å². The quantitative estimate of drug-likeness (QED) is 0.480. The molecule has 1 aromatic heterocycles. The fourth-order valence-electron chi connectivity index (χ4n) is 3.49. The molecule has 5 nitrogen and oxygen atoms in total. The second-order valence-electron chi connectivity index (χ2n) is 8.90. The highest BCUT2D eigenvalue weighted by Gasteiger charge is 2.52. The zero-order valence-corrected chi connectivity index (χ0v) is 19.7. The van der Waals surface area contributed by atoms with Crippen LogP contribution in [0.5, 0.6) is 0 Å². The maximum absolute atomic E-state index is 12.4. The number of fused-ring (bicyclic) bond motifs is 1. The van der Waals surface area contributed by atoms with Gasteiger partial charge in [0.05, 0.1) is 11.2 Å².